The molecule has 1 aromatic heterocycles. The molecule has 0 unspecified atom stereocenters. The van der Waals surface area contributed by atoms with Crippen LogP contribution in [0.5, 0.6) is 0 Å². The smallest absolute Gasteiger partial charge is 0.251 e. The maximum atomic E-state index is 12.9. The average Bonchev–Trinajstić information content (AvgIpc) is 2.70. The highest BCUT2D eigenvalue weighted by molar-refractivity contribution is 5.95. The van der Waals surface area contributed by atoms with Gasteiger partial charge in [0.05, 0.1) is 0 Å². The number of nitrogens with zero attached hydrogens (tertiary/aromatic N) is 1. The van der Waals surface area contributed by atoms with E-state index in [1.165, 1.54) is 22.8 Å². The van der Waals surface area contributed by atoms with Crippen LogP contribution < -0.4 is 16.2 Å². The van der Waals surface area contributed by atoms with Crippen LogP contribution in [0, 0.1) is 12.7 Å². The third-order valence-corrected chi connectivity index (χ3v) is 4.24. The average molecular weight is 393 g/mol. The Kier molecular flexibility index (Phi) is 6.19. The molecule has 2 amide bonds. The maximum Gasteiger partial charge on any atom is 0.251 e. The first kappa shape index (κ1) is 20.0. The van der Waals surface area contributed by atoms with Gasteiger partial charge in [-0.05, 0) is 54.4 Å². The Labute approximate surface area is 167 Å². The summed E-state index contributed by atoms with van der Waals surface area (Å²) in [7, 11) is 0. The van der Waals surface area contributed by atoms with Crippen LogP contribution in [0.1, 0.15) is 21.5 Å². The molecule has 7 heteroatoms. The molecule has 0 atom stereocenters. The predicted octanol–water partition coefficient (Wildman–Crippen LogP) is 2.86. The van der Waals surface area contributed by atoms with Gasteiger partial charge >= 0.3 is 0 Å². The van der Waals surface area contributed by atoms with E-state index < -0.39 is 0 Å². The quantitative estimate of drug-likeness (QED) is 0.676. The van der Waals surface area contributed by atoms with Crippen molar-refractivity contribution in [2.75, 3.05) is 5.32 Å². The molecule has 0 fully saturated rings. The summed E-state index contributed by atoms with van der Waals surface area (Å²) in [6.45, 7) is 2.02. The molecule has 0 saturated carbocycles. The molecule has 0 radical (unpaired) electrons. The molecule has 0 bridgehead atoms. The highest BCUT2D eigenvalue weighted by Gasteiger charge is 2.08. The summed E-state index contributed by atoms with van der Waals surface area (Å²) in [6, 6.07) is 15.4. The van der Waals surface area contributed by atoms with Crippen LogP contribution in [-0.4, -0.2) is 16.4 Å². The fraction of sp³-hybridized carbons (Fsp3) is 0.136. The summed E-state index contributed by atoms with van der Waals surface area (Å²) in [5, 5.41) is 5.45. The lowest BCUT2D eigenvalue weighted by Gasteiger charge is -2.09. The van der Waals surface area contributed by atoms with E-state index in [-0.39, 0.29) is 36.3 Å². The molecule has 2 N–H and O–H groups in total. The molecule has 3 aromatic rings. The zero-order valence-corrected chi connectivity index (χ0v) is 15.8. The zero-order valence-electron chi connectivity index (χ0n) is 15.8. The number of aryl methyl sites for hydroxylation is 1. The second-order valence-electron chi connectivity index (χ2n) is 6.61. The molecule has 6 nitrogen and oxygen atoms in total. The number of hydrogen-bond donors (Lipinski definition) is 2. The van der Waals surface area contributed by atoms with Gasteiger partial charge in [0.15, 0.2) is 0 Å². The Hall–Kier alpha value is -3.74. The number of carbonyl (C=O) groups is 2. The summed E-state index contributed by atoms with van der Waals surface area (Å²) in [6.07, 6.45) is 1.62. The van der Waals surface area contributed by atoms with Gasteiger partial charge < -0.3 is 15.2 Å². The van der Waals surface area contributed by atoms with E-state index in [1.807, 2.05) is 6.92 Å². The lowest BCUT2D eigenvalue weighted by atomic mass is 10.1. The fourth-order valence-corrected chi connectivity index (χ4v) is 2.72. The van der Waals surface area contributed by atoms with Crippen LogP contribution >= 0.6 is 0 Å². The van der Waals surface area contributed by atoms with Gasteiger partial charge in [-0.2, -0.15) is 0 Å². The highest BCUT2D eigenvalue weighted by atomic mass is 19.1. The van der Waals surface area contributed by atoms with Gasteiger partial charge in [0, 0.05) is 30.1 Å². The van der Waals surface area contributed by atoms with E-state index in [0.717, 1.165) is 11.1 Å². The van der Waals surface area contributed by atoms with Gasteiger partial charge in [0.1, 0.15) is 12.4 Å². The molecule has 0 aliphatic carbocycles. The topological polar surface area (TPSA) is 80.2 Å². The van der Waals surface area contributed by atoms with Crippen LogP contribution in [0.15, 0.2) is 71.7 Å². The van der Waals surface area contributed by atoms with Crippen molar-refractivity contribution in [3.05, 3.63) is 99.7 Å². The number of hydrogen-bond acceptors (Lipinski definition) is 3. The van der Waals surface area contributed by atoms with Crippen molar-refractivity contribution >= 4 is 17.5 Å². The van der Waals surface area contributed by atoms with Crippen molar-refractivity contribution in [2.24, 2.45) is 0 Å². The first-order valence-electron chi connectivity index (χ1n) is 9.00. The van der Waals surface area contributed by atoms with Gasteiger partial charge in [-0.25, -0.2) is 4.39 Å². The van der Waals surface area contributed by atoms with Crippen LogP contribution in [0.25, 0.3) is 0 Å². The summed E-state index contributed by atoms with van der Waals surface area (Å²) >= 11 is 0. The molecule has 29 heavy (non-hydrogen) atoms. The number of benzene rings is 2. The number of anilines is 1. The monoisotopic (exact) mass is 393 g/mol. The Morgan fingerprint density at radius 1 is 0.966 bits per heavy atom. The lowest BCUT2D eigenvalue weighted by Crippen LogP contribution is -2.27. The number of pyridine rings is 1. The normalized spacial score (nSPS) is 10.4. The number of carbonyl (C=O) groups excluding carboxylic acids is 2. The minimum absolute atomic E-state index is 0.0968. The number of nitrogens with one attached hydrogen (secondary N) is 2. The minimum atomic E-state index is -0.341. The van der Waals surface area contributed by atoms with Crippen molar-refractivity contribution in [1.82, 2.24) is 9.88 Å². The fourth-order valence-electron chi connectivity index (χ4n) is 2.72. The largest absolute Gasteiger partial charge is 0.348 e. The Morgan fingerprint density at radius 2 is 1.66 bits per heavy atom. The molecule has 0 aliphatic rings. The molecular weight excluding hydrogens is 373 g/mol. The minimum Gasteiger partial charge on any atom is -0.348 e. The summed E-state index contributed by atoms with van der Waals surface area (Å²) in [5.41, 5.74) is 2.37. The standard InChI is InChI=1S/C22H20FN3O3/c1-15-2-11-21(28)26(13-15)14-20(27)25-19-9-5-17(6-10-19)22(29)24-12-16-3-7-18(23)8-4-16/h2-11,13H,12,14H2,1H3,(H,24,29)(H,25,27). The molecule has 0 aliphatic heterocycles. The van der Waals surface area contributed by atoms with E-state index in [4.69, 9.17) is 0 Å². The molecule has 3 rings (SSSR count). The molecule has 2 aromatic carbocycles. The SMILES string of the molecule is Cc1ccc(=O)n(CC(=O)Nc2ccc(C(=O)NCc3ccc(F)cc3)cc2)c1. The molecule has 148 valence electrons. The van der Waals surface area contributed by atoms with E-state index in [0.29, 0.717) is 11.3 Å². The molecule has 1 heterocycles. The van der Waals surface area contributed by atoms with Gasteiger partial charge in [0.2, 0.25) is 5.91 Å². The first-order valence-corrected chi connectivity index (χ1v) is 9.00. The van der Waals surface area contributed by atoms with E-state index in [9.17, 15) is 18.8 Å². The Balaban J connectivity index is 1.55. The third kappa shape index (κ3) is 5.62. The Morgan fingerprint density at radius 3 is 2.34 bits per heavy atom. The summed E-state index contributed by atoms with van der Waals surface area (Å²) in [5.74, 6) is -0.949. The lowest BCUT2D eigenvalue weighted by molar-refractivity contribution is -0.116. The van der Waals surface area contributed by atoms with Crippen molar-refractivity contribution < 1.29 is 14.0 Å². The van der Waals surface area contributed by atoms with Gasteiger partial charge in [-0.15, -0.1) is 0 Å². The molecule has 0 spiro atoms. The highest BCUT2D eigenvalue weighted by Crippen LogP contribution is 2.10. The van der Waals surface area contributed by atoms with Gasteiger partial charge in [-0.3, -0.25) is 14.4 Å². The van der Waals surface area contributed by atoms with E-state index >= 15 is 0 Å². The van der Waals surface area contributed by atoms with Crippen molar-refractivity contribution in [3.63, 3.8) is 0 Å². The van der Waals surface area contributed by atoms with Crippen molar-refractivity contribution in [3.8, 4) is 0 Å². The van der Waals surface area contributed by atoms with Crippen LogP contribution in [-0.2, 0) is 17.9 Å². The number of amides is 2. The number of aromatic nitrogens is 1. The van der Waals surface area contributed by atoms with Gasteiger partial charge in [0.25, 0.3) is 11.5 Å². The maximum absolute atomic E-state index is 12.9. The second kappa shape index (κ2) is 8.97. The van der Waals surface area contributed by atoms with E-state index in [2.05, 4.69) is 10.6 Å². The first-order chi connectivity index (χ1) is 13.9. The zero-order chi connectivity index (χ0) is 20.8. The van der Waals surface area contributed by atoms with Crippen molar-refractivity contribution in [1.29, 1.82) is 0 Å². The molecule has 0 saturated heterocycles. The van der Waals surface area contributed by atoms with E-state index in [1.54, 1.807) is 48.7 Å². The Bertz CT molecular complexity index is 1070. The molecular formula is C22H20FN3O3. The van der Waals surface area contributed by atoms with Crippen LogP contribution in [0.2, 0.25) is 0 Å². The second-order valence-corrected chi connectivity index (χ2v) is 6.61. The predicted molar refractivity (Wildman–Crippen MR) is 108 cm³/mol. The third-order valence-electron chi connectivity index (χ3n) is 4.24. The van der Waals surface area contributed by atoms with Crippen molar-refractivity contribution in [2.45, 2.75) is 20.0 Å². The van der Waals surface area contributed by atoms with Crippen LogP contribution in [0.4, 0.5) is 10.1 Å². The number of rotatable bonds is 6. The van der Waals surface area contributed by atoms with Gasteiger partial charge in [-0.1, -0.05) is 18.2 Å². The van der Waals surface area contributed by atoms with Crippen LogP contribution in [0.3, 0.4) is 0 Å². The summed E-state index contributed by atoms with van der Waals surface area (Å²) in [4.78, 5) is 36.2. The number of halogens is 1. The summed E-state index contributed by atoms with van der Waals surface area (Å²) < 4.78 is 14.2.